The third kappa shape index (κ3) is 5.63. The first-order valence-corrected chi connectivity index (χ1v) is 7.62. The summed E-state index contributed by atoms with van der Waals surface area (Å²) in [5.74, 6) is 6.80. The molecular formula is C14H23N3OS. The summed E-state index contributed by atoms with van der Waals surface area (Å²) in [6.07, 6.45) is 1.04. The minimum atomic E-state index is -0.218. The summed E-state index contributed by atoms with van der Waals surface area (Å²) in [7, 11) is 0. The van der Waals surface area contributed by atoms with Gasteiger partial charge >= 0.3 is 0 Å². The third-order valence-electron chi connectivity index (χ3n) is 3.00. The minimum absolute atomic E-state index is 0.168. The van der Waals surface area contributed by atoms with Crippen LogP contribution in [0.3, 0.4) is 0 Å². The van der Waals surface area contributed by atoms with E-state index in [-0.39, 0.29) is 17.9 Å². The van der Waals surface area contributed by atoms with E-state index in [9.17, 15) is 4.79 Å². The molecule has 4 nitrogen and oxygen atoms in total. The van der Waals surface area contributed by atoms with Crippen LogP contribution in [-0.4, -0.2) is 17.7 Å². The molecule has 0 fully saturated rings. The van der Waals surface area contributed by atoms with E-state index in [1.807, 2.05) is 37.7 Å². The van der Waals surface area contributed by atoms with Gasteiger partial charge in [-0.15, -0.1) is 0 Å². The highest BCUT2D eigenvalue weighted by Gasteiger charge is 2.13. The Balaban J connectivity index is 2.45. The number of hydrazine groups is 1. The second-order valence-electron chi connectivity index (χ2n) is 4.79. The maximum absolute atomic E-state index is 11.4. The fourth-order valence-electron chi connectivity index (χ4n) is 1.64. The Hall–Kier alpha value is -1.04. The van der Waals surface area contributed by atoms with Crippen LogP contribution in [-0.2, 0) is 10.5 Å². The van der Waals surface area contributed by atoms with Crippen LogP contribution in [0.15, 0.2) is 24.3 Å². The van der Waals surface area contributed by atoms with Crippen LogP contribution in [0.25, 0.3) is 0 Å². The lowest BCUT2D eigenvalue weighted by molar-refractivity contribution is -0.122. The summed E-state index contributed by atoms with van der Waals surface area (Å²) in [6, 6.07) is 8.37. The molecule has 2 unspecified atom stereocenters. The normalized spacial score (nSPS) is 13.9. The number of carbonyl (C=O) groups excluding carboxylic acids is 1. The van der Waals surface area contributed by atoms with Crippen LogP contribution in [0.1, 0.15) is 37.3 Å². The number of nitrogens with two attached hydrogens (primary N) is 2. The zero-order chi connectivity index (χ0) is 14.3. The SMILES string of the molecule is CC(N)CCSCc1ccc(C(C)C(=O)NN)cc1. The smallest absolute Gasteiger partial charge is 0.241 e. The molecule has 1 aromatic rings. The predicted octanol–water partition coefficient (Wildman–Crippen LogP) is 1.75. The molecule has 106 valence electrons. The van der Waals surface area contributed by atoms with Gasteiger partial charge in [-0.1, -0.05) is 24.3 Å². The molecule has 0 spiro atoms. The average Bonchev–Trinajstić information content (AvgIpc) is 2.42. The van der Waals surface area contributed by atoms with Crippen molar-refractivity contribution in [3.63, 3.8) is 0 Å². The zero-order valence-corrected chi connectivity index (χ0v) is 12.4. The van der Waals surface area contributed by atoms with Gasteiger partial charge in [0.15, 0.2) is 0 Å². The van der Waals surface area contributed by atoms with E-state index >= 15 is 0 Å². The lowest BCUT2D eigenvalue weighted by Crippen LogP contribution is -2.33. The van der Waals surface area contributed by atoms with Gasteiger partial charge in [0.2, 0.25) is 5.91 Å². The highest BCUT2D eigenvalue weighted by molar-refractivity contribution is 7.98. The van der Waals surface area contributed by atoms with E-state index in [4.69, 9.17) is 11.6 Å². The van der Waals surface area contributed by atoms with Gasteiger partial charge in [-0.25, -0.2) is 5.84 Å². The molecule has 0 radical (unpaired) electrons. The monoisotopic (exact) mass is 281 g/mol. The minimum Gasteiger partial charge on any atom is -0.328 e. The molecule has 0 bridgehead atoms. The Morgan fingerprint density at radius 2 is 1.95 bits per heavy atom. The van der Waals surface area contributed by atoms with Gasteiger partial charge in [-0.05, 0) is 37.1 Å². The Morgan fingerprint density at radius 1 is 1.32 bits per heavy atom. The van der Waals surface area contributed by atoms with Crippen molar-refractivity contribution in [2.24, 2.45) is 11.6 Å². The molecule has 1 amide bonds. The fraction of sp³-hybridized carbons (Fsp3) is 0.500. The molecule has 2 atom stereocenters. The quantitative estimate of drug-likeness (QED) is 0.308. The maximum atomic E-state index is 11.4. The van der Waals surface area contributed by atoms with Crippen LogP contribution in [0.4, 0.5) is 0 Å². The molecule has 5 heteroatoms. The van der Waals surface area contributed by atoms with Gasteiger partial charge in [0, 0.05) is 11.8 Å². The molecule has 19 heavy (non-hydrogen) atoms. The topological polar surface area (TPSA) is 81.1 Å². The summed E-state index contributed by atoms with van der Waals surface area (Å²) in [6.45, 7) is 3.87. The summed E-state index contributed by atoms with van der Waals surface area (Å²) in [5, 5.41) is 0. The number of hydrogen-bond acceptors (Lipinski definition) is 4. The lowest BCUT2D eigenvalue weighted by Gasteiger charge is -2.11. The van der Waals surface area contributed by atoms with E-state index in [1.165, 1.54) is 5.56 Å². The van der Waals surface area contributed by atoms with Crippen LogP contribution < -0.4 is 17.0 Å². The van der Waals surface area contributed by atoms with Gasteiger partial charge in [0.05, 0.1) is 5.92 Å². The van der Waals surface area contributed by atoms with Crippen molar-refractivity contribution in [3.8, 4) is 0 Å². The standard InChI is InChI=1S/C14H23N3OS/c1-10(15)7-8-19-9-12-3-5-13(6-4-12)11(2)14(18)17-16/h3-6,10-11H,7-9,15-16H2,1-2H3,(H,17,18). The van der Waals surface area contributed by atoms with Gasteiger partial charge < -0.3 is 5.73 Å². The van der Waals surface area contributed by atoms with Crippen molar-refractivity contribution in [2.75, 3.05) is 5.75 Å². The Bertz CT molecular complexity index is 392. The molecular weight excluding hydrogens is 258 g/mol. The Kier molecular flexibility index (Phi) is 6.91. The van der Waals surface area contributed by atoms with Crippen molar-refractivity contribution in [2.45, 2.75) is 38.0 Å². The second-order valence-corrected chi connectivity index (χ2v) is 5.90. The zero-order valence-electron chi connectivity index (χ0n) is 11.6. The van der Waals surface area contributed by atoms with Crippen molar-refractivity contribution >= 4 is 17.7 Å². The summed E-state index contributed by atoms with van der Waals surface area (Å²) in [4.78, 5) is 11.4. The number of benzene rings is 1. The largest absolute Gasteiger partial charge is 0.328 e. The summed E-state index contributed by atoms with van der Waals surface area (Å²) < 4.78 is 0. The molecule has 0 saturated heterocycles. The van der Waals surface area contributed by atoms with Crippen molar-refractivity contribution in [1.29, 1.82) is 0 Å². The first-order valence-electron chi connectivity index (χ1n) is 6.47. The predicted molar refractivity (Wildman–Crippen MR) is 81.6 cm³/mol. The van der Waals surface area contributed by atoms with E-state index in [2.05, 4.69) is 17.6 Å². The van der Waals surface area contributed by atoms with Crippen LogP contribution in [0.5, 0.6) is 0 Å². The van der Waals surface area contributed by atoms with Crippen molar-refractivity contribution in [3.05, 3.63) is 35.4 Å². The maximum Gasteiger partial charge on any atom is 0.241 e. The van der Waals surface area contributed by atoms with Gasteiger partial charge in [-0.2, -0.15) is 11.8 Å². The van der Waals surface area contributed by atoms with Crippen molar-refractivity contribution in [1.82, 2.24) is 5.43 Å². The summed E-state index contributed by atoms with van der Waals surface area (Å²) in [5.41, 5.74) is 10.1. The lowest BCUT2D eigenvalue weighted by atomic mass is 9.99. The number of nitrogens with one attached hydrogen (secondary N) is 1. The first-order chi connectivity index (χ1) is 9.04. The van der Waals surface area contributed by atoms with Crippen LogP contribution in [0.2, 0.25) is 0 Å². The molecule has 5 N–H and O–H groups in total. The number of thioether (sulfide) groups is 1. The van der Waals surface area contributed by atoms with Crippen molar-refractivity contribution < 1.29 is 4.79 Å². The Morgan fingerprint density at radius 3 is 2.47 bits per heavy atom. The van der Waals surface area contributed by atoms with E-state index in [0.717, 1.165) is 23.5 Å². The van der Waals surface area contributed by atoms with Gasteiger partial charge in [-0.3, -0.25) is 10.2 Å². The number of rotatable bonds is 7. The Labute approximate surface area is 119 Å². The number of hydrogen-bond donors (Lipinski definition) is 3. The number of amides is 1. The summed E-state index contributed by atoms with van der Waals surface area (Å²) >= 11 is 1.88. The molecule has 0 saturated carbocycles. The molecule has 0 aromatic heterocycles. The average molecular weight is 281 g/mol. The third-order valence-corrected chi connectivity index (χ3v) is 4.06. The molecule has 0 heterocycles. The fourth-order valence-corrected chi connectivity index (χ4v) is 2.75. The molecule has 1 aromatic carbocycles. The first kappa shape index (κ1) is 16.0. The van der Waals surface area contributed by atoms with E-state index in [1.54, 1.807) is 0 Å². The molecule has 1 rings (SSSR count). The molecule has 0 aliphatic heterocycles. The van der Waals surface area contributed by atoms with Crippen LogP contribution in [0, 0.1) is 0 Å². The highest BCUT2D eigenvalue weighted by atomic mass is 32.2. The molecule has 0 aliphatic rings. The van der Waals surface area contributed by atoms with Gasteiger partial charge in [0.1, 0.15) is 0 Å². The van der Waals surface area contributed by atoms with E-state index in [0.29, 0.717) is 0 Å². The van der Waals surface area contributed by atoms with Gasteiger partial charge in [0.25, 0.3) is 0 Å². The molecule has 0 aliphatic carbocycles. The van der Waals surface area contributed by atoms with E-state index < -0.39 is 0 Å². The second kappa shape index (κ2) is 8.19. The highest BCUT2D eigenvalue weighted by Crippen LogP contribution is 2.19. The van der Waals surface area contributed by atoms with Crippen LogP contribution >= 0.6 is 11.8 Å². The number of carbonyl (C=O) groups is 1.